The van der Waals surface area contributed by atoms with E-state index in [0.717, 1.165) is 11.8 Å². The zero-order valence-corrected chi connectivity index (χ0v) is 16.8. The second-order valence-electron chi connectivity index (χ2n) is 8.23. The summed E-state index contributed by atoms with van der Waals surface area (Å²) in [6.07, 6.45) is 1.95. The molecule has 2 bridgehead atoms. The summed E-state index contributed by atoms with van der Waals surface area (Å²) in [5.41, 5.74) is 0.107. The molecule has 29 heavy (non-hydrogen) atoms. The molecule has 0 atom stereocenters. The Bertz CT molecular complexity index is 955. The summed E-state index contributed by atoms with van der Waals surface area (Å²) >= 11 is 5.62. The Labute approximate surface area is 171 Å². The van der Waals surface area contributed by atoms with Gasteiger partial charge in [0.05, 0.1) is 10.7 Å². The Morgan fingerprint density at radius 2 is 1.93 bits per heavy atom. The Kier molecular flexibility index (Phi) is 4.77. The Morgan fingerprint density at radius 3 is 2.55 bits per heavy atom. The van der Waals surface area contributed by atoms with Crippen molar-refractivity contribution in [2.75, 3.05) is 6.61 Å². The number of carbonyl (C=O) groups excluding carboxylic acids is 2. The molecule has 3 aliphatic rings. The van der Waals surface area contributed by atoms with Crippen molar-refractivity contribution in [3.8, 4) is 5.75 Å². The molecule has 0 radical (unpaired) electrons. The fourth-order valence-electron chi connectivity index (χ4n) is 4.07. The molecular formula is C20H21ClFN3O4. The van der Waals surface area contributed by atoms with Gasteiger partial charge in [-0.05, 0) is 37.3 Å². The summed E-state index contributed by atoms with van der Waals surface area (Å²) in [6.45, 7) is 3.72. The van der Waals surface area contributed by atoms with E-state index in [2.05, 4.69) is 15.8 Å². The number of hydrogen-bond acceptors (Lipinski definition) is 5. The summed E-state index contributed by atoms with van der Waals surface area (Å²) in [5.74, 6) is -0.584. The lowest BCUT2D eigenvalue weighted by Crippen LogP contribution is -2.84. The second-order valence-corrected chi connectivity index (χ2v) is 8.64. The van der Waals surface area contributed by atoms with Gasteiger partial charge in [-0.15, -0.1) is 0 Å². The minimum Gasteiger partial charge on any atom is -0.484 e. The number of benzene rings is 1. The molecule has 2 aromatic rings. The first-order valence-corrected chi connectivity index (χ1v) is 9.75. The van der Waals surface area contributed by atoms with E-state index in [0.29, 0.717) is 19.3 Å². The van der Waals surface area contributed by atoms with E-state index in [1.807, 2.05) is 13.8 Å². The van der Waals surface area contributed by atoms with Gasteiger partial charge in [-0.1, -0.05) is 30.6 Å². The van der Waals surface area contributed by atoms with Gasteiger partial charge in [0, 0.05) is 23.2 Å². The van der Waals surface area contributed by atoms with Crippen LogP contribution in [0.5, 0.6) is 5.75 Å². The summed E-state index contributed by atoms with van der Waals surface area (Å²) in [5, 5.41) is 9.82. The maximum Gasteiger partial charge on any atom is 0.290 e. The third-order valence-electron chi connectivity index (χ3n) is 5.42. The van der Waals surface area contributed by atoms with Gasteiger partial charge in [0.25, 0.3) is 11.8 Å². The maximum atomic E-state index is 13.4. The van der Waals surface area contributed by atoms with Crippen LogP contribution in [0.25, 0.3) is 0 Å². The topological polar surface area (TPSA) is 93.5 Å². The molecule has 1 aromatic carbocycles. The zero-order chi connectivity index (χ0) is 20.8. The molecule has 3 saturated carbocycles. The molecule has 1 heterocycles. The number of rotatable bonds is 7. The molecule has 0 spiro atoms. The molecule has 3 aliphatic carbocycles. The highest BCUT2D eigenvalue weighted by Gasteiger charge is 2.69. The Balaban J connectivity index is 1.23. The monoisotopic (exact) mass is 421 g/mol. The lowest BCUT2D eigenvalue weighted by atomic mass is 9.44. The lowest BCUT2D eigenvalue weighted by Gasteiger charge is -2.70. The lowest BCUT2D eigenvalue weighted by molar-refractivity contribution is -0.141. The SMILES string of the molecule is CC(C)c1cc(C(=O)NC23CC(NC(=O)COc4ccc(Cl)c(F)c4)(C2)C3)on1. The van der Waals surface area contributed by atoms with Gasteiger partial charge >= 0.3 is 0 Å². The van der Waals surface area contributed by atoms with Crippen molar-refractivity contribution in [1.82, 2.24) is 15.8 Å². The normalized spacial score (nSPS) is 24.4. The highest BCUT2D eigenvalue weighted by molar-refractivity contribution is 6.30. The van der Waals surface area contributed by atoms with E-state index >= 15 is 0 Å². The summed E-state index contributed by atoms with van der Waals surface area (Å²) < 4.78 is 23.8. The van der Waals surface area contributed by atoms with E-state index in [1.54, 1.807) is 6.07 Å². The fourth-order valence-corrected chi connectivity index (χ4v) is 4.19. The van der Waals surface area contributed by atoms with Crippen LogP contribution in [0.2, 0.25) is 5.02 Å². The van der Waals surface area contributed by atoms with Crippen LogP contribution in [-0.2, 0) is 4.79 Å². The number of nitrogens with zero attached hydrogens (tertiary/aromatic N) is 1. The molecule has 0 saturated heterocycles. The largest absolute Gasteiger partial charge is 0.484 e. The number of hydrogen-bond donors (Lipinski definition) is 2. The van der Waals surface area contributed by atoms with Crippen LogP contribution in [0.3, 0.4) is 0 Å². The van der Waals surface area contributed by atoms with Gasteiger partial charge in [-0.25, -0.2) is 4.39 Å². The van der Waals surface area contributed by atoms with Gasteiger partial charge in [0.1, 0.15) is 11.6 Å². The van der Waals surface area contributed by atoms with Crippen LogP contribution < -0.4 is 15.4 Å². The van der Waals surface area contributed by atoms with Gasteiger partial charge in [0.15, 0.2) is 6.61 Å². The quantitative estimate of drug-likeness (QED) is 0.716. The predicted octanol–water partition coefficient (Wildman–Crippen LogP) is 3.19. The molecule has 0 unspecified atom stereocenters. The summed E-state index contributed by atoms with van der Waals surface area (Å²) in [6, 6.07) is 5.66. The van der Waals surface area contributed by atoms with Crippen LogP contribution in [0.1, 0.15) is 55.3 Å². The highest BCUT2D eigenvalue weighted by Crippen LogP contribution is 2.60. The maximum absolute atomic E-state index is 13.4. The molecule has 3 fully saturated rings. The summed E-state index contributed by atoms with van der Waals surface area (Å²) in [7, 11) is 0. The minimum absolute atomic E-state index is 0.00577. The fraction of sp³-hybridized carbons (Fsp3) is 0.450. The molecule has 2 N–H and O–H groups in total. The van der Waals surface area contributed by atoms with E-state index < -0.39 is 5.82 Å². The number of nitrogens with one attached hydrogen (secondary N) is 2. The van der Waals surface area contributed by atoms with Gasteiger partial charge in [-0.3, -0.25) is 9.59 Å². The predicted molar refractivity (Wildman–Crippen MR) is 102 cm³/mol. The van der Waals surface area contributed by atoms with Crippen molar-refractivity contribution in [2.24, 2.45) is 0 Å². The number of halogens is 2. The smallest absolute Gasteiger partial charge is 0.290 e. The van der Waals surface area contributed by atoms with Gasteiger partial charge < -0.3 is 19.9 Å². The molecular weight excluding hydrogens is 401 g/mol. The van der Waals surface area contributed by atoms with Crippen molar-refractivity contribution in [2.45, 2.75) is 50.1 Å². The molecule has 2 amide bonds. The van der Waals surface area contributed by atoms with E-state index in [1.165, 1.54) is 12.1 Å². The van der Waals surface area contributed by atoms with Crippen LogP contribution in [0.4, 0.5) is 4.39 Å². The third kappa shape index (κ3) is 3.81. The van der Waals surface area contributed by atoms with Gasteiger partial charge in [-0.2, -0.15) is 0 Å². The van der Waals surface area contributed by atoms with Crippen molar-refractivity contribution in [3.63, 3.8) is 0 Å². The summed E-state index contributed by atoms with van der Waals surface area (Å²) in [4.78, 5) is 24.5. The standard InChI is InChI=1S/C20H21ClFN3O4/c1-11(2)15-6-16(29-25-15)18(27)24-20-8-19(9-20,10-20)23-17(26)7-28-12-3-4-13(21)14(22)5-12/h3-6,11H,7-10H2,1-2H3,(H,23,26)(H,24,27). The van der Waals surface area contributed by atoms with Crippen LogP contribution in [-0.4, -0.2) is 34.7 Å². The Morgan fingerprint density at radius 1 is 1.24 bits per heavy atom. The highest BCUT2D eigenvalue weighted by atomic mass is 35.5. The Hall–Kier alpha value is -2.61. The van der Waals surface area contributed by atoms with Crippen LogP contribution in [0.15, 0.2) is 28.8 Å². The number of carbonyl (C=O) groups is 2. The average Bonchev–Trinajstić information content (AvgIpc) is 3.10. The van der Waals surface area contributed by atoms with Crippen molar-refractivity contribution >= 4 is 23.4 Å². The number of amides is 2. The van der Waals surface area contributed by atoms with E-state index in [9.17, 15) is 14.0 Å². The molecule has 9 heteroatoms. The zero-order valence-electron chi connectivity index (χ0n) is 16.1. The molecule has 1 aromatic heterocycles. The average molecular weight is 422 g/mol. The molecule has 7 nitrogen and oxygen atoms in total. The van der Waals surface area contributed by atoms with E-state index in [-0.39, 0.29) is 51.9 Å². The molecule has 5 rings (SSSR count). The van der Waals surface area contributed by atoms with E-state index in [4.69, 9.17) is 20.9 Å². The van der Waals surface area contributed by atoms with Crippen molar-refractivity contribution in [1.29, 1.82) is 0 Å². The van der Waals surface area contributed by atoms with Crippen molar-refractivity contribution in [3.05, 3.63) is 46.6 Å². The first-order chi connectivity index (χ1) is 13.7. The van der Waals surface area contributed by atoms with Gasteiger partial charge in [0.2, 0.25) is 5.76 Å². The third-order valence-corrected chi connectivity index (χ3v) is 5.72. The minimum atomic E-state index is -0.603. The van der Waals surface area contributed by atoms with Crippen LogP contribution in [0, 0.1) is 5.82 Å². The first kappa shape index (κ1) is 19.7. The molecule has 154 valence electrons. The van der Waals surface area contributed by atoms with Crippen molar-refractivity contribution < 1.29 is 23.2 Å². The number of aromatic nitrogens is 1. The molecule has 0 aliphatic heterocycles. The number of ether oxygens (including phenoxy) is 1. The van der Waals surface area contributed by atoms with Crippen LogP contribution >= 0.6 is 11.6 Å². The first-order valence-electron chi connectivity index (χ1n) is 9.37. The second kappa shape index (κ2) is 7.02.